The third kappa shape index (κ3) is 6.63. The van der Waals surface area contributed by atoms with Crippen LogP contribution < -0.4 is 5.32 Å². The van der Waals surface area contributed by atoms with Crippen molar-refractivity contribution in [3.05, 3.63) is 71.0 Å². The van der Waals surface area contributed by atoms with Gasteiger partial charge >= 0.3 is 0 Å². The Hall–Kier alpha value is -2.24. The van der Waals surface area contributed by atoms with Crippen LogP contribution in [0.3, 0.4) is 0 Å². The maximum absolute atomic E-state index is 13.1. The number of nitrogens with zero attached hydrogens (tertiary/aromatic N) is 2. The second kappa shape index (κ2) is 11.1. The molecule has 2 fully saturated rings. The molecule has 1 atom stereocenters. The first-order chi connectivity index (χ1) is 15.5. The maximum atomic E-state index is 13.1. The van der Waals surface area contributed by atoms with Crippen molar-refractivity contribution in [2.45, 2.75) is 52.2 Å². The average molecular weight is 438 g/mol. The molecule has 1 unspecified atom stereocenters. The summed E-state index contributed by atoms with van der Waals surface area (Å²) >= 11 is 0. The molecule has 0 spiro atoms. The van der Waals surface area contributed by atoms with E-state index in [1.807, 2.05) is 12.1 Å². The Morgan fingerprint density at radius 1 is 0.938 bits per heavy atom. The van der Waals surface area contributed by atoms with E-state index < -0.39 is 0 Å². The lowest BCUT2D eigenvalue weighted by Crippen LogP contribution is -2.40. The molecule has 2 heterocycles. The summed E-state index contributed by atoms with van der Waals surface area (Å²) in [5.74, 6) is 0.836. The van der Waals surface area contributed by atoms with Crippen LogP contribution in [-0.2, 0) is 24.4 Å². The van der Waals surface area contributed by atoms with E-state index >= 15 is 0 Å². The molecule has 4 rings (SSSR count). The minimum Gasteiger partial charge on any atom is -0.352 e. The maximum Gasteiger partial charge on any atom is 0.223 e. The van der Waals surface area contributed by atoms with Crippen LogP contribution in [0.4, 0.5) is 4.39 Å². The van der Waals surface area contributed by atoms with Crippen molar-refractivity contribution in [2.75, 3.05) is 26.2 Å². The highest BCUT2D eigenvalue weighted by molar-refractivity contribution is 5.78. The van der Waals surface area contributed by atoms with Gasteiger partial charge in [-0.05, 0) is 80.1 Å². The van der Waals surface area contributed by atoms with Crippen molar-refractivity contribution in [2.24, 2.45) is 11.8 Å². The van der Waals surface area contributed by atoms with E-state index in [2.05, 4.69) is 46.3 Å². The third-order valence-electron chi connectivity index (χ3n) is 6.88. The molecular weight excluding hydrogens is 401 g/mol. The van der Waals surface area contributed by atoms with Crippen molar-refractivity contribution in [1.82, 2.24) is 15.1 Å². The summed E-state index contributed by atoms with van der Waals surface area (Å²) < 4.78 is 13.1. The molecule has 1 amide bonds. The molecule has 0 aliphatic carbocycles. The predicted octanol–water partition coefficient (Wildman–Crippen LogP) is 4.59. The minimum atomic E-state index is -0.198. The van der Waals surface area contributed by atoms with Crippen molar-refractivity contribution >= 4 is 5.91 Å². The molecule has 1 N–H and O–H groups in total. The first-order valence-corrected chi connectivity index (χ1v) is 12.1. The molecule has 2 saturated heterocycles. The topological polar surface area (TPSA) is 35.6 Å². The number of rotatable bonds is 7. The SMILES string of the molecule is CC1CCCN(Cc2cccc(CNC(=O)C3CCN(Cc4ccc(F)cc4)CC3)c2)C1. The fourth-order valence-corrected chi connectivity index (χ4v) is 5.06. The zero-order valence-corrected chi connectivity index (χ0v) is 19.2. The van der Waals surface area contributed by atoms with E-state index in [-0.39, 0.29) is 17.6 Å². The quantitative estimate of drug-likeness (QED) is 0.688. The van der Waals surface area contributed by atoms with Gasteiger partial charge in [0.05, 0.1) is 0 Å². The minimum absolute atomic E-state index is 0.0810. The molecule has 2 aliphatic rings. The number of hydrogen-bond donors (Lipinski definition) is 1. The zero-order valence-electron chi connectivity index (χ0n) is 19.2. The largest absolute Gasteiger partial charge is 0.352 e. The van der Waals surface area contributed by atoms with Gasteiger partial charge in [-0.1, -0.05) is 43.3 Å². The lowest BCUT2D eigenvalue weighted by molar-refractivity contribution is -0.126. The number of carbonyl (C=O) groups excluding carboxylic acids is 1. The van der Waals surface area contributed by atoms with Crippen molar-refractivity contribution in [1.29, 1.82) is 0 Å². The highest BCUT2D eigenvalue weighted by Gasteiger charge is 2.25. The molecular formula is C27H36FN3O. The molecule has 4 nitrogen and oxygen atoms in total. The van der Waals surface area contributed by atoms with Crippen LogP contribution >= 0.6 is 0 Å². The van der Waals surface area contributed by atoms with Gasteiger partial charge in [-0.2, -0.15) is 0 Å². The zero-order chi connectivity index (χ0) is 22.3. The first kappa shape index (κ1) is 22.9. The number of benzene rings is 2. The Labute approximate surface area is 191 Å². The lowest BCUT2D eigenvalue weighted by atomic mass is 9.95. The number of likely N-dealkylation sites (tertiary alicyclic amines) is 2. The fourth-order valence-electron chi connectivity index (χ4n) is 5.06. The van der Waals surface area contributed by atoms with Crippen LogP contribution in [-0.4, -0.2) is 41.9 Å². The van der Waals surface area contributed by atoms with Crippen molar-refractivity contribution in [3.63, 3.8) is 0 Å². The molecule has 32 heavy (non-hydrogen) atoms. The van der Waals surface area contributed by atoms with Crippen LogP contribution in [0.5, 0.6) is 0 Å². The van der Waals surface area contributed by atoms with E-state index in [4.69, 9.17) is 0 Å². The van der Waals surface area contributed by atoms with Crippen LogP contribution in [0.2, 0.25) is 0 Å². The Morgan fingerprint density at radius 2 is 1.66 bits per heavy atom. The Kier molecular flexibility index (Phi) is 7.93. The van der Waals surface area contributed by atoms with Gasteiger partial charge in [0.2, 0.25) is 5.91 Å². The highest BCUT2D eigenvalue weighted by atomic mass is 19.1. The summed E-state index contributed by atoms with van der Waals surface area (Å²) in [5, 5.41) is 3.16. The Bertz CT molecular complexity index is 877. The summed E-state index contributed by atoms with van der Waals surface area (Å²) in [7, 11) is 0. The molecule has 0 saturated carbocycles. The third-order valence-corrected chi connectivity index (χ3v) is 6.88. The van der Waals surface area contributed by atoms with Gasteiger partial charge < -0.3 is 5.32 Å². The van der Waals surface area contributed by atoms with E-state index in [1.54, 1.807) is 0 Å². The number of piperidine rings is 2. The smallest absolute Gasteiger partial charge is 0.223 e. The molecule has 2 aliphatic heterocycles. The van der Waals surface area contributed by atoms with Gasteiger partial charge in [0, 0.05) is 32.1 Å². The highest BCUT2D eigenvalue weighted by Crippen LogP contribution is 2.21. The van der Waals surface area contributed by atoms with Gasteiger partial charge in [0.1, 0.15) is 5.82 Å². The average Bonchev–Trinajstić information content (AvgIpc) is 2.80. The number of hydrogen-bond acceptors (Lipinski definition) is 3. The molecule has 0 radical (unpaired) electrons. The van der Waals surface area contributed by atoms with E-state index in [1.165, 1.54) is 49.2 Å². The number of halogens is 1. The summed E-state index contributed by atoms with van der Waals surface area (Å²) in [4.78, 5) is 17.6. The number of nitrogens with one attached hydrogen (secondary N) is 1. The van der Waals surface area contributed by atoms with Crippen molar-refractivity contribution in [3.8, 4) is 0 Å². The van der Waals surface area contributed by atoms with Gasteiger partial charge in [0.25, 0.3) is 0 Å². The van der Waals surface area contributed by atoms with Crippen LogP contribution in [0, 0.1) is 17.7 Å². The van der Waals surface area contributed by atoms with E-state index in [9.17, 15) is 9.18 Å². The second-order valence-electron chi connectivity index (χ2n) is 9.70. The molecule has 2 aromatic carbocycles. The first-order valence-electron chi connectivity index (χ1n) is 12.1. The van der Waals surface area contributed by atoms with Gasteiger partial charge in [-0.25, -0.2) is 4.39 Å². The molecule has 172 valence electrons. The molecule has 2 aromatic rings. The van der Waals surface area contributed by atoms with Crippen LogP contribution in [0.1, 0.15) is 49.3 Å². The van der Waals surface area contributed by atoms with Gasteiger partial charge in [0.15, 0.2) is 0 Å². The molecule has 0 aromatic heterocycles. The standard InChI is InChI=1S/C27H36FN3O/c1-21-4-3-13-31(18-21)20-24-6-2-5-23(16-24)17-29-27(32)25-11-14-30(15-12-25)19-22-7-9-26(28)10-8-22/h2,5-10,16,21,25H,3-4,11-15,17-20H2,1H3,(H,29,32). The fraction of sp³-hybridized carbons (Fsp3) is 0.519. The monoisotopic (exact) mass is 437 g/mol. The predicted molar refractivity (Wildman–Crippen MR) is 126 cm³/mol. The second-order valence-corrected chi connectivity index (χ2v) is 9.70. The Balaban J connectivity index is 1.21. The summed E-state index contributed by atoms with van der Waals surface area (Å²) in [5.41, 5.74) is 3.63. The van der Waals surface area contributed by atoms with Crippen molar-refractivity contribution < 1.29 is 9.18 Å². The number of carbonyl (C=O) groups is 1. The Morgan fingerprint density at radius 3 is 2.41 bits per heavy atom. The van der Waals surface area contributed by atoms with Gasteiger partial charge in [-0.3, -0.25) is 14.6 Å². The summed E-state index contributed by atoms with van der Waals surface area (Å²) in [6.45, 7) is 8.92. The lowest BCUT2D eigenvalue weighted by Gasteiger charge is -2.31. The summed E-state index contributed by atoms with van der Waals surface area (Å²) in [6.07, 6.45) is 4.38. The van der Waals surface area contributed by atoms with E-state index in [0.717, 1.165) is 50.5 Å². The normalized spacial score (nSPS) is 20.9. The van der Waals surface area contributed by atoms with Gasteiger partial charge in [-0.15, -0.1) is 0 Å². The van der Waals surface area contributed by atoms with Crippen LogP contribution in [0.15, 0.2) is 48.5 Å². The van der Waals surface area contributed by atoms with E-state index in [0.29, 0.717) is 6.54 Å². The summed E-state index contributed by atoms with van der Waals surface area (Å²) in [6, 6.07) is 15.4. The molecule has 5 heteroatoms. The van der Waals surface area contributed by atoms with Crippen LogP contribution in [0.25, 0.3) is 0 Å². The molecule has 0 bridgehead atoms. The number of amides is 1.